The number of anilines is 1. The number of hydrogen-bond acceptors (Lipinski definition) is 4. The number of hydrogen-bond donors (Lipinski definition) is 3. The lowest BCUT2D eigenvalue weighted by Crippen LogP contribution is -2.14. The van der Waals surface area contributed by atoms with Crippen molar-refractivity contribution in [1.29, 1.82) is 0 Å². The highest BCUT2D eigenvalue weighted by Gasteiger charge is 2.14. The number of aliphatic hydroxyl groups excluding tert-OH is 1. The second-order valence-corrected chi connectivity index (χ2v) is 4.14. The predicted octanol–water partition coefficient (Wildman–Crippen LogP) is 1.02. The number of amides is 1. The molecule has 0 aliphatic heterocycles. The third-order valence-corrected chi connectivity index (χ3v) is 2.73. The van der Waals surface area contributed by atoms with Gasteiger partial charge in [-0.2, -0.15) is 5.10 Å². The smallest absolute Gasteiger partial charge is 0.257 e. The van der Waals surface area contributed by atoms with Gasteiger partial charge in [0.05, 0.1) is 28.2 Å². The Morgan fingerprint density at radius 1 is 1.50 bits per heavy atom. The van der Waals surface area contributed by atoms with Gasteiger partial charge in [0.2, 0.25) is 0 Å². The number of aromatic amines is 1. The van der Waals surface area contributed by atoms with Crippen LogP contribution in [0, 0.1) is 25.7 Å². The first-order chi connectivity index (χ1) is 9.63. The Balaban J connectivity index is 2.30. The van der Waals surface area contributed by atoms with Gasteiger partial charge < -0.3 is 10.4 Å². The lowest BCUT2D eigenvalue weighted by Gasteiger charge is -2.06. The van der Waals surface area contributed by atoms with E-state index in [4.69, 9.17) is 5.11 Å². The zero-order valence-corrected chi connectivity index (χ0v) is 11.2. The number of nitrogens with zero attached hydrogens (tertiary/aromatic N) is 2. The minimum atomic E-state index is -0.290. The van der Waals surface area contributed by atoms with Crippen molar-refractivity contribution >= 4 is 11.6 Å². The number of nitrogens with one attached hydrogen (secondary N) is 2. The first-order valence-electron chi connectivity index (χ1n) is 6.00. The summed E-state index contributed by atoms with van der Waals surface area (Å²) in [7, 11) is 0. The van der Waals surface area contributed by atoms with Crippen LogP contribution in [-0.2, 0) is 0 Å². The van der Waals surface area contributed by atoms with Crippen LogP contribution in [0.1, 0.15) is 27.3 Å². The lowest BCUT2D eigenvalue weighted by molar-refractivity contribution is 0.102. The van der Waals surface area contributed by atoms with Crippen LogP contribution in [0.15, 0.2) is 18.5 Å². The van der Waals surface area contributed by atoms with E-state index in [-0.39, 0.29) is 12.5 Å². The van der Waals surface area contributed by atoms with Crippen LogP contribution < -0.4 is 5.32 Å². The highest BCUT2D eigenvalue weighted by Crippen LogP contribution is 2.18. The number of aliphatic hydroxyl groups is 1. The van der Waals surface area contributed by atoms with Crippen molar-refractivity contribution in [3.8, 4) is 11.8 Å². The molecule has 6 nitrogen and oxygen atoms in total. The van der Waals surface area contributed by atoms with Crippen molar-refractivity contribution in [1.82, 2.24) is 15.2 Å². The van der Waals surface area contributed by atoms with E-state index in [0.29, 0.717) is 22.5 Å². The zero-order chi connectivity index (χ0) is 14.5. The van der Waals surface area contributed by atoms with Crippen LogP contribution in [0.2, 0.25) is 0 Å². The van der Waals surface area contributed by atoms with Crippen molar-refractivity contribution in [3.63, 3.8) is 0 Å². The normalized spacial score (nSPS) is 9.75. The molecule has 3 N–H and O–H groups in total. The van der Waals surface area contributed by atoms with Gasteiger partial charge in [-0.1, -0.05) is 11.8 Å². The molecular formula is C14H14N4O2. The zero-order valence-electron chi connectivity index (χ0n) is 11.2. The van der Waals surface area contributed by atoms with Gasteiger partial charge in [-0.25, -0.2) is 0 Å². The monoisotopic (exact) mass is 270 g/mol. The minimum absolute atomic E-state index is 0.268. The van der Waals surface area contributed by atoms with Crippen LogP contribution in [0.25, 0.3) is 0 Å². The lowest BCUT2D eigenvalue weighted by atomic mass is 10.1. The van der Waals surface area contributed by atoms with Crippen LogP contribution in [0.3, 0.4) is 0 Å². The van der Waals surface area contributed by atoms with Crippen molar-refractivity contribution in [2.24, 2.45) is 0 Å². The van der Waals surface area contributed by atoms with Crippen LogP contribution >= 0.6 is 0 Å². The van der Waals surface area contributed by atoms with E-state index in [1.165, 1.54) is 12.4 Å². The summed E-state index contributed by atoms with van der Waals surface area (Å²) in [5.41, 5.74) is 3.03. The maximum atomic E-state index is 12.3. The van der Waals surface area contributed by atoms with Crippen molar-refractivity contribution in [3.05, 3.63) is 41.0 Å². The average molecular weight is 270 g/mol. The topological polar surface area (TPSA) is 90.9 Å². The molecule has 2 heterocycles. The molecule has 6 heteroatoms. The molecule has 0 saturated carbocycles. The van der Waals surface area contributed by atoms with Gasteiger partial charge in [0, 0.05) is 12.4 Å². The number of aromatic nitrogens is 3. The number of aryl methyl sites for hydroxylation is 2. The Hall–Kier alpha value is -2.65. The molecule has 0 fully saturated rings. The number of carbonyl (C=O) groups excluding carboxylic acids is 1. The molecular weight excluding hydrogens is 256 g/mol. The highest BCUT2D eigenvalue weighted by atomic mass is 16.2. The molecule has 0 radical (unpaired) electrons. The summed E-state index contributed by atoms with van der Waals surface area (Å²) < 4.78 is 0. The van der Waals surface area contributed by atoms with Crippen molar-refractivity contribution < 1.29 is 9.90 Å². The third kappa shape index (κ3) is 2.84. The second-order valence-electron chi connectivity index (χ2n) is 4.14. The molecule has 102 valence electrons. The maximum Gasteiger partial charge on any atom is 0.257 e. The average Bonchev–Trinajstić information content (AvgIpc) is 2.77. The van der Waals surface area contributed by atoms with E-state index in [1.54, 1.807) is 13.0 Å². The highest BCUT2D eigenvalue weighted by molar-refractivity contribution is 6.06. The third-order valence-electron chi connectivity index (χ3n) is 2.73. The Labute approximate surface area is 116 Å². The SMILES string of the molecule is Cc1n[nH]c(C)c1NC(=O)c1ccncc1C#CCO. The molecule has 0 atom stereocenters. The Morgan fingerprint density at radius 3 is 2.95 bits per heavy atom. The molecule has 1 amide bonds. The molecule has 2 rings (SSSR count). The van der Waals surface area contributed by atoms with Crippen LogP contribution in [0.4, 0.5) is 5.69 Å². The summed E-state index contributed by atoms with van der Waals surface area (Å²) in [5, 5.41) is 18.4. The van der Waals surface area contributed by atoms with E-state index in [0.717, 1.165) is 5.69 Å². The van der Waals surface area contributed by atoms with Gasteiger partial charge in [-0.15, -0.1) is 0 Å². The fourth-order valence-electron chi connectivity index (χ4n) is 1.74. The molecule has 0 aliphatic carbocycles. The summed E-state index contributed by atoms with van der Waals surface area (Å²) in [6, 6.07) is 1.58. The number of carbonyl (C=O) groups is 1. The minimum Gasteiger partial charge on any atom is -0.384 e. The summed E-state index contributed by atoms with van der Waals surface area (Å²) in [5.74, 6) is 4.92. The quantitative estimate of drug-likeness (QED) is 0.710. The van der Waals surface area contributed by atoms with Gasteiger partial charge in [0.25, 0.3) is 5.91 Å². The van der Waals surface area contributed by atoms with Crippen molar-refractivity contribution in [2.75, 3.05) is 11.9 Å². The second kappa shape index (κ2) is 5.99. The van der Waals surface area contributed by atoms with E-state index < -0.39 is 0 Å². The van der Waals surface area contributed by atoms with E-state index in [9.17, 15) is 4.79 Å². The Kier molecular flexibility index (Phi) is 4.13. The number of pyridine rings is 1. The van der Waals surface area contributed by atoms with Crippen LogP contribution in [-0.4, -0.2) is 32.8 Å². The van der Waals surface area contributed by atoms with Gasteiger partial charge in [0.15, 0.2) is 0 Å². The fraction of sp³-hybridized carbons (Fsp3) is 0.214. The molecule has 0 bridgehead atoms. The van der Waals surface area contributed by atoms with E-state index in [2.05, 4.69) is 32.3 Å². The van der Waals surface area contributed by atoms with E-state index >= 15 is 0 Å². The first-order valence-corrected chi connectivity index (χ1v) is 6.00. The molecule has 0 saturated heterocycles. The van der Waals surface area contributed by atoms with Crippen LogP contribution in [0.5, 0.6) is 0 Å². The van der Waals surface area contributed by atoms with Gasteiger partial charge in [0.1, 0.15) is 6.61 Å². The van der Waals surface area contributed by atoms with E-state index in [1.807, 2.05) is 6.92 Å². The molecule has 2 aromatic heterocycles. The molecule has 0 spiro atoms. The molecule has 0 aliphatic rings. The molecule has 0 unspecified atom stereocenters. The summed E-state index contributed by atoms with van der Waals surface area (Å²) in [6.45, 7) is 3.36. The largest absolute Gasteiger partial charge is 0.384 e. The maximum absolute atomic E-state index is 12.3. The van der Waals surface area contributed by atoms with Gasteiger partial charge in [-0.3, -0.25) is 14.9 Å². The fourth-order valence-corrected chi connectivity index (χ4v) is 1.74. The summed E-state index contributed by atoms with van der Waals surface area (Å²) >= 11 is 0. The summed E-state index contributed by atoms with van der Waals surface area (Å²) in [4.78, 5) is 16.2. The molecule has 20 heavy (non-hydrogen) atoms. The Bertz CT molecular complexity index is 675. The van der Waals surface area contributed by atoms with Gasteiger partial charge in [-0.05, 0) is 19.9 Å². The number of H-pyrrole nitrogens is 1. The summed E-state index contributed by atoms with van der Waals surface area (Å²) in [6.07, 6.45) is 3.01. The Morgan fingerprint density at radius 2 is 2.30 bits per heavy atom. The number of rotatable bonds is 2. The van der Waals surface area contributed by atoms with Gasteiger partial charge >= 0.3 is 0 Å². The predicted molar refractivity (Wildman–Crippen MR) is 74.2 cm³/mol. The molecule has 0 aromatic carbocycles. The molecule has 2 aromatic rings. The standard InChI is InChI=1S/C14H14N4O2/c1-9-13(10(2)18-17-9)16-14(20)12-5-6-15-8-11(12)4-3-7-19/h5-6,8,19H,7H2,1-2H3,(H,16,20)(H,17,18). The van der Waals surface area contributed by atoms with Crippen molar-refractivity contribution in [2.45, 2.75) is 13.8 Å². The first kappa shape index (κ1) is 13.8.